The fourth-order valence-corrected chi connectivity index (χ4v) is 2.18. The summed E-state index contributed by atoms with van der Waals surface area (Å²) in [6, 6.07) is 5.19. The average molecular weight is 236 g/mol. The molecule has 2 nitrogen and oxygen atoms in total. The van der Waals surface area contributed by atoms with Crippen molar-refractivity contribution in [2.45, 2.75) is 13.8 Å². The van der Waals surface area contributed by atoms with Gasteiger partial charge in [0.1, 0.15) is 5.82 Å². The van der Waals surface area contributed by atoms with E-state index in [2.05, 4.69) is 10.3 Å². The predicted octanol–water partition coefficient (Wildman–Crippen LogP) is 3.69. The van der Waals surface area contributed by atoms with Crippen LogP contribution in [-0.2, 0) is 0 Å². The summed E-state index contributed by atoms with van der Waals surface area (Å²) in [6.45, 7) is 4.62. The minimum absolute atomic E-state index is 0.185. The molecular weight excluding hydrogens is 223 g/mol. The number of thiazole rings is 1. The van der Waals surface area contributed by atoms with Crippen molar-refractivity contribution in [1.82, 2.24) is 4.98 Å². The molecule has 2 rings (SSSR count). The molecule has 0 aliphatic carbocycles. The van der Waals surface area contributed by atoms with E-state index >= 15 is 0 Å². The van der Waals surface area contributed by atoms with E-state index in [1.165, 1.54) is 17.4 Å². The van der Waals surface area contributed by atoms with Crippen LogP contribution in [0.1, 0.15) is 12.5 Å². The predicted molar refractivity (Wildman–Crippen MR) is 66.4 cm³/mol. The highest BCUT2D eigenvalue weighted by atomic mass is 32.1. The molecule has 4 heteroatoms. The van der Waals surface area contributed by atoms with Gasteiger partial charge in [-0.1, -0.05) is 12.1 Å². The van der Waals surface area contributed by atoms with Crippen LogP contribution in [0.15, 0.2) is 23.6 Å². The molecule has 0 atom stereocenters. The first-order chi connectivity index (χ1) is 7.70. The van der Waals surface area contributed by atoms with E-state index in [1.54, 1.807) is 13.0 Å². The Morgan fingerprint density at radius 2 is 2.25 bits per heavy atom. The molecule has 0 radical (unpaired) electrons. The van der Waals surface area contributed by atoms with Crippen molar-refractivity contribution in [3.63, 3.8) is 0 Å². The summed E-state index contributed by atoms with van der Waals surface area (Å²) in [5.41, 5.74) is 2.30. The van der Waals surface area contributed by atoms with Crippen molar-refractivity contribution in [1.29, 1.82) is 0 Å². The minimum atomic E-state index is -0.185. The van der Waals surface area contributed by atoms with Crippen LogP contribution in [-0.4, -0.2) is 11.5 Å². The van der Waals surface area contributed by atoms with Gasteiger partial charge in [-0.15, -0.1) is 11.3 Å². The van der Waals surface area contributed by atoms with Gasteiger partial charge in [0, 0.05) is 17.5 Å². The molecule has 1 N–H and O–H groups in total. The molecule has 1 aromatic heterocycles. The van der Waals surface area contributed by atoms with Gasteiger partial charge in [0.15, 0.2) is 5.13 Å². The summed E-state index contributed by atoms with van der Waals surface area (Å²) in [6.07, 6.45) is 0. The molecule has 1 aromatic carbocycles. The fourth-order valence-electron chi connectivity index (χ4n) is 1.39. The number of rotatable bonds is 3. The Bertz CT molecular complexity index is 494. The van der Waals surface area contributed by atoms with Gasteiger partial charge in [-0.05, 0) is 25.5 Å². The first-order valence-corrected chi connectivity index (χ1v) is 6.04. The second-order valence-electron chi connectivity index (χ2n) is 3.53. The van der Waals surface area contributed by atoms with E-state index in [1.807, 2.05) is 18.4 Å². The van der Waals surface area contributed by atoms with Gasteiger partial charge in [0.2, 0.25) is 0 Å². The molecular formula is C12H13FN2S. The summed E-state index contributed by atoms with van der Waals surface area (Å²) >= 11 is 1.53. The van der Waals surface area contributed by atoms with Crippen molar-refractivity contribution in [2.24, 2.45) is 0 Å². The molecule has 0 saturated heterocycles. The summed E-state index contributed by atoms with van der Waals surface area (Å²) in [7, 11) is 0. The number of aromatic nitrogens is 1. The maximum atomic E-state index is 13.4. The molecule has 0 aliphatic heterocycles. The molecule has 1 heterocycles. The van der Waals surface area contributed by atoms with Crippen LogP contribution >= 0.6 is 11.3 Å². The number of nitrogens with zero attached hydrogens (tertiary/aromatic N) is 1. The number of aryl methyl sites for hydroxylation is 1. The zero-order valence-corrected chi connectivity index (χ0v) is 10.1. The first-order valence-electron chi connectivity index (χ1n) is 5.16. The second kappa shape index (κ2) is 4.61. The fraction of sp³-hybridized carbons (Fsp3) is 0.250. The molecule has 2 aromatic rings. The van der Waals surface area contributed by atoms with Crippen LogP contribution in [0, 0.1) is 12.7 Å². The van der Waals surface area contributed by atoms with E-state index in [4.69, 9.17) is 0 Å². The van der Waals surface area contributed by atoms with Gasteiger partial charge in [-0.2, -0.15) is 0 Å². The van der Waals surface area contributed by atoms with Crippen molar-refractivity contribution in [3.8, 4) is 11.3 Å². The number of hydrogen-bond acceptors (Lipinski definition) is 3. The maximum Gasteiger partial charge on any atom is 0.183 e. The van der Waals surface area contributed by atoms with Gasteiger partial charge >= 0.3 is 0 Å². The van der Waals surface area contributed by atoms with Crippen LogP contribution in [0.3, 0.4) is 0 Å². The molecule has 0 aliphatic rings. The molecule has 0 amide bonds. The third-order valence-electron chi connectivity index (χ3n) is 2.30. The summed E-state index contributed by atoms with van der Waals surface area (Å²) in [5, 5.41) is 5.94. The largest absolute Gasteiger partial charge is 0.362 e. The Hall–Kier alpha value is -1.42. The Kier molecular flexibility index (Phi) is 3.19. The lowest BCUT2D eigenvalue weighted by atomic mass is 10.1. The zero-order valence-electron chi connectivity index (χ0n) is 9.25. The molecule has 0 spiro atoms. The van der Waals surface area contributed by atoms with E-state index < -0.39 is 0 Å². The molecule has 0 saturated carbocycles. The molecule has 0 bridgehead atoms. The molecule has 16 heavy (non-hydrogen) atoms. The van der Waals surface area contributed by atoms with E-state index in [0.717, 1.165) is 22.9 Å². The monoisotopic (exact) mass is 236 g/mol. The van der Waals surface area contributed by atoms with Crippen molar-refractivity contribution < 1.29 is 4.39 Å². The maximum absolute atomic E-state index is 13.4. The number of hydrogen-bond donors (Lipinski definition) is 1. The quantitative estimate of drug-likeness (QED) is 0.879. The van der Waals surface area contributed by atoms with Gasteiger partial charge in [0.25, 0.3) is 0 Å². The molecule has 0 unspecified atom stereocenters. The highest BCUT2D eigenvalue weighted by Gasteiger charge is 2.06. The van der Waals surface area contributed by atoms with Crippen LogP contribution in [0.5, 0.6) is 0 Å². The Balaban J connectivity index is 2.31. The summed E-state index contributed by atoms with van der Waals surface area (Å²) in [5.74, 6) is -0.185. The van der Waals surface area contributed by atoms with Crippen molar-refractivity contribution in [2.75, 3.05) is 11.9 Å². The lowest BCUT2D eigenvalue weighted by Crippen LogP contribution is -1.95. The lowest BCUT2D eigenvalue weighted by molar-refractivity contribution is 0.619. The third-order valence-corrected chi connectivity index (χ3v) is 3.10. The van der Waals surface area contributed by atoms with Crippen LogP contribution in [0.4, 0.5) is 9.52 Å². The zero-order chi connectivity index (χ0) is 11.5. The third kappa shape index (κ3) is 2.22. The Morgan fingerprint density at radius 3 is 2.94 bits per heavy atom. The standard InChI is InChI=1S/C12H13FN2S/c1-3-14-12-15-11(7-16-12)9-5-4-8(2)10(13)6-9/h4-7H,3H2,1-2H3,(H,14,15). The van der Waals surface area contributed by atoms with Crippen LogP contribution in [0.25, 0.3) is 11.3 Å². The number of anilines is 1. The van der Waals surface area contributed by atoms with Gasteiger partial charge < -0.3 is 5.32 Å². The van der Waals surface area contributed by atoms with E-state index in [-0.39, 0.29) is 5.82 Å². The highest BCUT2D eigenvalue weighted by molar-refractivity contribution is 7.14. The smallest absolute Gasteiger partial charge is 0.183 e. The normalized spacial score (nSPS) is 10.4. The topological polar surface area (TPSA) is 24.9 Å². The molecule has 0 fully saturated rings. The second-order valence-corrected chi connectivity index (χ2v) is 4.39. The average Bonchev–Trinajstić information content (AvgIpc) is 2.71. The van der Waals surface area contributed by atoms with E-state index in [0.29, 0.717) is 5.56 Å². The number of benzene rings is 1. The minimum Gasteiger partial charge on any atom is -0.362 e. The number of nitrogens with one attached hydrogen (secondary N) is 1. The Morgan fingerprint density at radius 1 is 1.44 bits per heavy atom. The molecule has 84 valence electrons. The summed E-state index contributed by atoms with van der Waals surface area (Å²) in [4.78, 5) is 4.38. The van der Waals surface area contributed by atoms with Gasteiger partial charge in [-0.25, -0.2) is 9.37 Å². The van der Waals surface area contributed by atoms with Crippen molar-refractivity contribution in [3.05, 3.63) is 35.0 Å². The van der Waals surface area contributed by atoms with Crippen LogP contribution < -0.4 is 5.32 Å². The highest BCUT2D eigenvalue weighted by Crippen LogP contribution is 2.25. The Labute approximate surface area is 98.2 Å². The lowest BCUT2D eigenvalue weighted by Gasteiger charge is -2.00. The van der Waals surface area contributed by atoms with Crippen LogP contribution in [0.2, 0.25) is 0 Å². The van der Waals surface area contributed by atoms with Gasteiger partial charge in [-0.3, -0.25) is 0 Å². The first kappa shape index (κ1) is 11.1. The SMILES string of the molecule is CCNc1nc(-c2ccc(C)c(F)c2)cs1. The van der Waals surface area contributed by atoms with Crippen molar-refractivity contribution >= 4 is 16.5 Å². The van der Waals surface area contributed by atoms with Gasteiger partial charge in [0.05, 0.1) is 5.69 Å². The summed E-state index contributed by atoms with van der Waals surface area (Å²) < 4.78 is 13.4. The number of halogens is 1. The van der Waals surface area contributed by atoms with E-state index in [9.17, 15) is 4.39 Å².